The van der Waals surface area contributed by atoms with E-state index in [0.717, 1.165) is 142 Å². The lowest BCUT2D eigenvalue weighted by Crippen LogP contribution is -2.04. The summed E-state index contributed by atoms with van der Waals surface area (Å²) in [5.74, 6) is 0. The summed E-state index contributed by atoms with van der Waals surface area (Å²) in [5.41, 5.74) is 17.3. The molecule has 6 heterocycles. The van der Waals surface area contributed by atoms with Gasteiger partial charge in [-0.05, 0) is 103 Å². The lowest BCUT2D eigenvalue weighted by molar-refractivity contribution is 0.669. The quantitative estimate of drug-likeness (QED) is 0.151. The molecule has 0 aliphatic carbocycles. The van der Waals surface area contributed by atoms with E-state index < -0.39 is 0 Å². The molecule has 0 spiro atoms. The van der Waals surface area contributed by atoms with Gasteiger partial charge in [0.2, 0.25) is 11.4 Å². The van der Waals surface area contributed by atoms with Crippen molar-refractivity contribution in [2.45, 2.75) is 0 Å². The molecule has 0 aliphatic rings. The van der Waals surface area contributed by atoms with Crippen LogP contribution in [0.3, 0.4) is 0 Å². The Morgan fingerprint density at radius 2 is 0.784 bits per heavy atom. The highest BCUT2D eigenvalue weighted by Crippen LogP contribution is 2.50. The molecule has 12 nitrogen and oxygen atoms in total. The summed E-state index contributed by atoms with van der Waals surface area (Å²) in [5, 5.41) is 55.0. The number of rotatable bonds is 6. The zero-order chi connectivity index (χ0) is 68.4. The molecule has 0 bridgehead atoms. The van der Waals surface area contributed by atoms with Crippen molar-refractivity contribution in [2.24, 2.45) is 0 Å². The molecule has 0 unspecified atom stereocenters. The van der Waals surface area contributed by atoms with Crippen LogP contribution in [0.5, 0.6) is 0 Å². The predicted octanol–water partition coefficient (Wildman–Crippen LogP) is 23.5. The fourth-order valence-corrected chi connectivity index (χ4v) is 15.9. The SMILES string of the molecule is N#Cc1cc(-n2c3ccccc3c3ccccc32)ccc1-c1ccc(C#N)c(C#N)c1-n1c2ccccc2c2ccc3c4ccccc4oc3c21.[C-]#[N+]c1cc(-c2ccccc2-n2c3ccccc3c3ccc4oc5ccccc5c4c32)c(C#N)c([N+]#[C-])c1-n1c2ccccc2c2ccccc21. The largest absolute Gasteiger partial charge is 0.456 e. The van der Waals surface area contributed by atoms with Crippen molar-refractivity contribution >= 4 is 142 Å². The highest BCUT2D eigenvalue weighted by atomic mass is 16.3. The van der Waals surface area contributed by atoms with Crippen LogP contribution < -0.4 is 0 Å². The summed E-state index contributed by atoms with van der Waals surface area (Å²) in [6.45, 7) is 16.9. The molecule has 0 radical (unpaired) electrons. The lowest BCUT2D eigenvalue weighted by atomic mass is 9.93. The first-order valence-electron chi connectivity index (χ1n) is 33.0. The highest BCUT2D eigenvalue weighted by Gasteiger charge is 2.29. The normalized spacial score (nSPS) is 11.5. The molecule has 6 aromatic heterocycles. The van der Waals surface area contributed by atoms with Gasteiger partial charge in [-0.15, -0.1) is 0 Å². The number of benzene rings is 14. The third-order valence-electron chi connectivity index (χ3n) is 20.1. The van der Waals surface area contributed by atoms with Gasteiger partial charge < -0.3 is 27.1 Å². The molecule has 102 heavy (non-hydrogen) atoms. The van der Waals surface area contributed by atoms with Crippen LogP contribution in [0.4, 0.5) is 11.4 Å². The first-order chi connectivity index (χ1) is 50.4. The molecule has 0 N–H and O–H groups in total. The van der Waals surface area contributed by atoms with Crippen molar-refractivity contribution in [3.8, 4) is 69.3 Å². The number of fused-ring (bicyclic) bond motifs is 20. The molecule has 0 amide bonds. The van der Waals surface area contributed by atoms with Gasteiger partial charge in [-0.3, -0.25) is 0 Å². The zero-order valence-corrected chi connectivity index (χ0v) is 53.8. The Labute approximate surface area is 580 Å². The molecule has 0 atom stereocenters. The maximum Gasteiger partial charge on any atom is 0.218 e. The Morgan fingerprint density at radius 1 is 0.304 bits per heavy atom. The van der Waals surface area contributed by atoms with Crippen molar-refractivity contribution in [1.29, 1.82) is 21.0 Å². The predicted molar refractivity (Wildman–Crippen MR) is 407 cm³/mol. The van der Waals surface area contributed by atoms with Crippen molar-refractivity contribution in [3.63, 3.8) is 0 Å². The van der Waals surface area contributed by atoms with Gasteiger partial charge in [0.15, 0.2) is 5.58 Å². The molecule has 0 fully saturated rings. The maximum atomic E-state index is 10.9. The Hall–Kier alpha value is -15.2. The first-order valence-corrected chi connectivity index (χ1v) is 33.0. The fourth-order valence-electron chi connectivity index (χ4n) is 15.9. The third-order valence-corrected chi connectivity index (χ3v) is 20.1. The summed E-state index contributed by atoms with van der Waals surface area (Å²) in [7, 11) is 0. The van der Waals surface area contributed by atoms with Gasteiger partial charge in [-0.25, -0.2) is 9.69 Å². The van der Waals surface area contributed by atoms with Gasteiger partial charge in [0, 0.05) is 81.6 Å². The fraction of sp³-hybridized carbons (Fsp3) is 0. The van der Waals surface area contributed by atoms with E-state index in [1.807, 2.05) is 209 Å². The Balaban J connectivity index is 0.000000141. The second-order valence-corrected chi connectivity index (χ2v) is 25.1. The minimum absolute atomic E-state index is 0.146. The molecule has 14 aromatic carbocycles. The van der Waals surface area contributed by atoms with Gasteiger partial charge >= 0.3 is 0 Å². The standard InChI is InChI=1S/2C45H23N5O/c1-47-35-25-33(34(26-46)43(48-2)45(35)50-36-18-8-3-13-27(36)28-14-4-9-19-37(28)50)30-16-6-11-21-39(30)49-38-20-10-5-15-29(38)31-23-24-41-42(44(31)49)32-17-7-12-22-40(32)51-41;46-24-27-17-19-35(30-20-18-29(23-28(30)25-47)49-39-13-5-1-9-31(39)32-10-2-6-14-40(32)49)43(38(27)26-48)50-41-15-7-3-11-33(41)36-21-22-37-34-12-4-8-16-42(34)51-45(37)44(36)50/h3-25H;1-23H. The Morgan fingerprint density at radius 3 is 1.37 bits per heavy atom. The van der Waals surface area contributed by atoms with E-state index in [4.69, 9.17) is 22.0 Å². The molecule has 0 aliphatic heterocycles. The zero-order valence-electron chi connectivity index (χ0n) is 53.8. The molecule has 0 saturated heterocycles. The first kappa shape index (κ1) is 58.2. The van der Waals surface area contributed by atoms with E-state index in [1.165, 1.54) is 0 Å². The summed E-state index contributed by atoms with van der Waals surface area (Å²) in [6.07, 6.45) is 0. The van der Waals surface area contributed by atoms with Gasteiger partial charge in [0.1, 0.15) is 28.9 Å². The van der Waals surface area contributed by atoms with Crippen molar-refractivity contribution in [2.75, 3.05) is 0 Å². The number of hydrogen-bond donors (Lipinski definition) is 0. The topological polar surface area (TPSA) is 150 Å². The third kappa shape index (κ3) is 8.31. The second-order valence-electron chi connectivity index (χ2n) is 25.1. The molecule has 12 heteroatoms. The van der Waals surface area contributed by atoms with E-state index in [0.29, 0.717) is 44.9 Å². The van der Waals surface area contributed by atoms with Crippen LogP contribution in [-0.2, 0) is 0 Å². The molecule has 20 rings (SSSR count). The Kier molecular flexibility index (Phi) is 13.0. The second kappa shape index (κ2) is 22.7. The minimum atomic E-state index is 0.146. The number of aromatic nitrogens is 4. The molecule has 0 saturated carbocycles. The number of nitriles is 4. The summed E-state index contributed by atoms with van der Waals surface area (Å²) in [4.78, 5) is 8.04. The van der Waals surface area contributed by atoms with Gasteiger partial charge in [-0.2, -0.15) is 21.0 Å². The molecule has 20 aromatic rings. The van der Waals surface area contributed by atoms with E-state index in [2.05, 4.69) is 110 Å². The molecular formula is C90H46N10O2. The van der Waals surface area contributed by atoms with E-state index >= 15 is 0 Å². The summed E-state index contributed by atoms with van der Waals surface area (Å²) in [6, 6.07) is 102. The van der Waals surface area contributed by atoms with Gasteiger partial charge in [0.25, 0.3) is 0 Å². The van der Waals surface area contributed by atoms with Gasteiger partial charge in [-0.1, -0.05) is 182 Å². The monoisotopic (exact) mass is 1300 g/mol. The number of nitrogens with zero attached hydrogens (tertiary/aromatic N) is 10. The van der Waals surface area contributed by atoms with Crippen LogP contribution in [-0.4, -0.2) is 18.3 Å². The highest BCUT2D eigenvalue weighted by molar-refractivity contribution is 6.26. The van der Waals surface area contributed by atoms with Crippen LogP contribution in [0.15, 0.2) is 288 Å². The van der Waals surface area contributed by atoms with E-state index in [1.54, 1.807) is 12.1 Å². The summed E-state index contributed by atoms with van der Waals surface area (Å²) < 4.78 is 21.4. The number of furan rings is 2. The van der Waals surface area contributed by atoms with E-state index in [-0.39, 0.29) is 22.4 Å². The Bertz CT molecular complexity index is 7260. The smallest absolute Gasteiger partial charge is 0.218 e. The van der Waals surface area contributed by atoms with Crippen molar-refractivity contribution < 1.29 is 8.83 Å². The van der Waals surface area contributed by atoms with Gasteiger partial charge in [0.05, 0.1) is 114 Å². The maximum absolute atomic E-state index is 10.9. The van der Waals surface area contributed by atoms with Crippen LogP contribution in [0, 0.1) is 58.5 Å². The van der Waals surface area contributed by atoms with Crippen LogP contribution in [0.25, 0.3) is 186 Å². The van der Waals surface area contributed by atoms with Crippen molar-refractivity contribution in [1.82, 2.24) is 18.3 Å². The molecule has 468 valence electrons. The molecular weight excluding hydrogens is 1250 g/mol. The lowest BCUT2D eigenvalue weighted by Gasteiger charge is -2.19. The minimum Gasteiger partial charge on any atom is -0.456 e. The van der Waals surface area contributed by atoms with Crippen molar-refractivity contribution in [3.05, 3.63) is 324 Å². The average Bonchev–Trinajstić information content (AvgIpc) is 1.54. The van der Waals surface area contributed by atoms with Crippen LogP contribution in [0.2, 0.25) is 0 Å². The number of hydrogen-bond acceptors (Lipinski definition) is 6. The van der Waals surface area contributed by atoms with E-state index in [9.17, 15) is 21.0 Å². The van der Waals surface area contributed by atoms with Crippen LogP contribution >= 0.6 is 0 Å². The number of para-hydroxylation sites is 9. The van der Waals surface area contributed by atoms with Crippen LogP contribution in [0.1, 0.15) is 22.3 Å². The average molecular weight is 1300 g/mol. The summed E-state index contributed by atoms with van der Waals surface area (Å²) >= 11 is 0.